The van der Waals surface area contributed by atoms with Crippen LogP contribution in [0.1, 0.15) is 33.6 Å². The summed E-state index contributed by atoms with van der Waals surface area (Å²) in [5, 5.41) is 5.91. The molecule has 4 N–H and O–H groups in total. The van der Waals surface area contributed by atoms with E-state index in [1.807, 2.05) is 0 Å². The average Bonchev–Trinajstić information content (AvgIpc) is 2.70. The monoisotopic (exact) mass is 419 g/mol. The zero-order valence-corrected chi connectivity index (χ0v) is 16.8. The summed E-state index contributed by atoms with van der Waals surface area (Å²) >= 11 is 5.79. The fraction of sp³-hybridized carbons (Fsp3) is 0.250. The highest BCUT2D eigenvalue weighted by Crippen LogP contribution is 2.33. The van der Waals surface area contributed by atoms with Gasteiger partial charge in [0.05, 0.1) is 25.5 Å². The number of halogens is 1. The summed E-state index contributed by atoms with van der Waals surface area (Å²) in [5.74, 6) is -0.623. The van der Waals surface area contributed by atoms with Crippen molar-refractivity contribution >= 4 is 35.0 Å². The first-order valence-corrected chi connectivity index (χ1v) is 9.13. The predicted molar refractivity (Wildman–Crippen MR) is 110 cm³/mol. The highest BCUT2D eigenvalue weighted by molar-refractivity contribution is 6.30. The van der Waals surface area contributed by atoms with Crippen molar-refractivity contribution in [2.75, 3.05) is 26.1 Å². The third kappa shape index (κ3) is 6.11. The molecule has 0 spiro atoms. The van der Waals surface area contributed by atoms with Crippen molar-refractivity contribution in [3.05, 3.63) is 52.5 Å². The zero-order valence-electron chi connectivity index (χ0n) is 16.1. The molecular weight excluding hydrogens is 398 g/mol. The van der Waals surface area contributed by atoms with Crippen molar-refractivity contribution in [2.45, 2.75) is 12.8 Å². The molecule has 0 aromatic heterocycles. The van der Waals surface area contributed by atoms with E-state index in [9.17, 15) is 14.4 Å². The van der Waals surface area contributed by atoms with Crippen LogP contribution in [0, 0.1) is 0 Å². The Labute approximate surface area is 173 Å². The topological polar surface area (TPSA) is 120 Å². The van der Waals surface area contributed by atoms with Crippen LogP contribution in [0.2, 0.25) is 5.02 Å². The number of hydrogen-bond donors (Lipinski definition) is 3. The van der Waals surface area contributed by atoms with Crippen molar-refractivity contribution < 1.29 is 23.9 Å². The Bertz CT molecular complexity index is 900. The number of anilines is 1. The van der Waals surface area contributed by atoms with Crippen molar-refractivity contribution in [1.82, 2.24) is 5.32 Å². The number of primary amides is 1. The van der Waals surface area contributed by atoms with E-state index in [1.54, 1.807) is 24.3 Å². The van der Waals surface area contributed by atoms with Crippen LogP contribution in [0.25, 0.3) is 0 Å². The molecule has 0 saturated heterocycles. The maximum atomic E-state index is 12.2. The average molecular weight is 420 g/mol. The molecule has 0 saturated carbocycles. The smallest absolute Gasteiger partial charge is 0.251 e. The second kappa shape index (κ2) is 10.3. The number of amides is 3. The van der Waals surface area contributed by atoms with Crippen LogP contribution in [0.15, 0.2) is 36.4 Å². The van der Waals surface area contributed by atoms with E-state index in [1.165, 1.54) is 26.4 Å². The van der Waals surface area contributed by atoms with Crippen molar-refractivity contribution in [2.24, 2.45) is 5.73 Å². The number of nitrogens with two attached hydrogens (primary N) is 1. The number of nitrogens with one attached hydrogen (secondary N) is 2. The van der Waals surface area contributed by atoms with E-state index < -0.39 is 5.91 Å². The Morgan fingerprint density at radius 3 is 2.24 bits per heavy atom. The van der Waals surface area contributed by atoms with Crippen molar-refractivity contribution in [1.29, 1.82) is 0 Å². The van der Waals surface area contributed by atoms with E-state index in [2.05, 4.69) is 10.6 Å². The van der Waals surface area contributed by atoms with Crippen LogP contribution in [-0.4, -0.2) is 38.5 Å². The molecule has 3 amide bonds. The summed E-state index contributed by atoms with van der Waals surface area (Å²) in [6.45, 7) is 0.309. The Morgan fingerprint density at radius 1 is 1.03 bits per heavy atom. The molecule has 0 atom stereocenters. The summed E-state index contributed by atoms with van der Waals surface area (Å²) in [4.78, 5) is 35.9. The number of benzene rings is 2. The van der Waals surface area contributed by atoms with Gasteiger partial charge in [0.1, 0.15) is 0 Å². The van der Waals surface area contributed by atoms with Gasteiger partial charge < -0.3 is 25.8 Å². The fourth-order valence-electron chi connectivity index (χ4n) is 2.55. The van der Waals surface area contributed by atoms with E-state index in [0.29, 0.717) is 35.1 Å². The first-order chi connectivity index (χ1) is 13.8. The number of methoxy groups -OCH3 is 2. The van der Waals surface area contributed by atoms with Crippen molar-refractivity contribution in [3.63, 3.8) is 0 Å². The fourth-order valence-corrected chi connectivity index (χ4v) is 2.68. The lowest BCUT2D eigenvalue weighted by Gasteiger charge is -2.14. The molecule has 0 bridgehead atoms. The molecule has 8 nitrogen and oxygen atoms in total. The summed E-state index contributed by atoms with van der Waals surface area (Å²) in [5.41, 5.74) is 6.20. The van der Waals surface area contributed by atoms with Crippen LogP contribution in [0.5, 0.6) is 11.5 Å². The first kappa shape index (κ1) is 22.0. The Kier molecular flexibility index (Phi) is 7.85. The lowest BCUT2D eigenvalue weighted by atomic mass is 10.1. The number of rotatable bonds is 9. The second-order valence-electron chi connectivity index (χ2n) is 6.03. The van der Waals surface area contributed by atoms with Gasteiger partial charge in [-0.3, -0.25) is 14.4 Å². The van der Waals surface area contributed by atoms with Gasteiger partial charge in [0.2, 0.25) is 5.91 Å². The van der Waals surface area contributed by atoms with Gasteiger partial charge in [-0.15, -0.1) is 0 Å². The van der Waals surface area contributed by atoms with E-state index in [-0.39, 0.29) is 29.5 Å². The van der Waals surface area contributed by atoms with Crippen LogP contribution in [-0.2, 0) is 4.79 Å². The molecule has 0 fully saturated rings. The summed E-state index contributed by atoms with van der Waals surface area (Å²) in [7, 11) is 2.87. The number of ether oxygens (including phenoxy) is 2. The SMILES string of the molecule is COc1cc(NC(=O)CCCNC(=O)c2ccc(Cl)cc2)c(C(N)=O)cc1OC. The highest BCUT2D eigenvalue weighted by atomic mass is 35.5. The van der Waals surface area contributed by atoms with Gasteiger partial charge in [-0.05, 0) is 36.8 Å². The molecule has 2 aromatic carbocycles. The van der Waals surface area contributed by atoms with Gasteiger partial charge >= 0.3 is 0 Å². The van der Waals surface area contributed by atoms with Crippen molar-refractivity contribution in [3.8, 4) is 11.5 Å². The summed E-state index contributed by atoms with van der Waals surface area (Å²) in [6.07, 6.45) is 0.539. The lowest BCUT2D eigenvalue weighted by molar-refractivity contribution is -0.116. The predicted octanol–water partition coefficient (Wildman–Crippen LogP) is 2.60. The van der Waals surface area contributed by atoms with Gasteiger partial charge in [0.25, 0.3) is 11.8 Å². The number of carbonyl (C=O) groups excluding carboxylic acids is 3. The third-order valence-corrected chi connectivity index (χ3v) is 4.29. The van der Waals surface area contributed by atoms with E-state index in [0.717, 1.165) is 0 Å². The highest BCUT2D eigenvalue weighted by Gasteiger charge is 2.16. The largest absolute Gasteiger partial charge is 0.493 e. The minimum absolute atomic E-state index is 0.104. The van der Waals surface area contributed by atoms with Crippen LogP contribution in [0.4, 0.5) is 5.69 Å². The van der Waals surface area contributed by atoms with E-state index in [4.69, 9.17) is 26.8 Å². The number of carbonyl (C=O) groups is 3. The molecule has 0 aliphatic rings. The summed E-state index contributed by atoms with van der Waals surface area (Å²) in [6, 6.07) is 9.37. The van der Waals surface area contributed by atoms with Gasteiger partial charge in [0.15, 0.2) is 11.5 Å². The third-order valence-electron chi connectivity index (χ3n) is 4.04. The minimum Gasteiger partial charge on any atom is -0.493 e. The maximum Gasteiger partial charge on any atom is 0.251 e. The van der Waals surface area contributed by atoms with Gasteiger partial charge in [0, 0.05) is 29.6 Å². The molecule has 2 rings (SSSR count). The van der Waals surface area contributed by atoms with E-state index >= 15 is 0 Å². The first-order valence-electron chi connectivity index (χ1n) is 8.75. The lowest BCUT2D eigenvalue weighted by Crippen LogP contribution is -2.25. The Balaban J connectivity index is 1.91. The van der Waals surface area contributed by atoms with Gasteiger partial charge in [-0.2, -0.15) is 0 Å². The second-order valence-corrected chi connectivity index (χ2v) is 6.47. The normalized spacial score (nSPS) is 10.2. The molecule has 0 unspecified atom stereocenters. The molecule has 0 aliphatic heterocycles. The molecule has 29 heavy (non-hydrogen) atoms. The standard InChI is InChI=1S/C20H22ClN3O5/c1-28-16-10-14(19(22)26)15(11-17(16)29-2)24-18(25)4-3-9-23-20(27)12-5-7-13(21)8-6-12/h5-8,10-11H,3-4,9H2,1-2H3,(H2,22,26)(H,23,27)(H,24,25). The van der Waals surface area contributed by atoms with Crippen LogP contribution in [0.3, 0.4) is 0 Å². The Hall–Kier alpha value is -3.26. The summed E-state index contributed by atoms with van der Waals surface area (Å²) < 4.78 is 10.3. The molecule has 0 radical (unpaired) electrons. The quantitative estimate of drug-likeness (QED) is 0.539. The Morgan fingerprint density at radius 2 is 1.66 bits per heavy atom. The molecule has 0 aliphatic carbocycles. The van der Waals surface area contributed by atoms with Gasteiger partial charge in [-0.1, -0.05) is 11.6 Å². The molecule has 0 heterocycles. The maximum absolute atomic E-state index is 12.2. The minimum atomic E-state index is -0.712. The molecule has 9 heteroatoms. The van der Waals surface area contributed by atoms with Crippen LogP contribution < -0.4 is 25.8 Å². The molecule has 154 valence electrons. The molecule has 2 aromatic rings. The zero-order chi connectivity index (χ0) is 21.4. The number of hydrogen-bond acceptors (Lipinski definition) is 5. The van der Waals surface area contributed by atoms with Gasteiger partial charge in [-0.25, -0.2) is 0 Å². The molecular formula is C20H22ClN3O5. The van der Waals surface area contributed by atoms with Crippen LogP contribution >= 0.6 is 11.6 Å².